The van der Waals surface area contributed by atoms with Crippen molar-refractivity contribution >= 4 is 5.91 Å². The van der Waals surface area contributed by atoms with Crippen LogP contribution in [0.3, 0.4) is 0 Å². The van der Waals surface area contributed by atoms with E-state index in [2.05, 4.69) is 12.2 Å². The average molecular weight is 702 g/mol. The van der Waals surface area contributed by atoms with Crippen LogP contribution in [0.2, 0.25) is 0 Å². The molecule has 1 heterocycles. The third kappa shape index (κ3) is 23.4. The molecular weight excluding hydrogens is 622 g/mol. The van der Waals surface area contributed by atoms with Crippen LogP contribution < -0.4 is 5.32 Å². The van der Waals surface area contributed by atoms with Crippen LogP contribution in [0.4, 0.5) is 0 Å². The van der Waals surface area contributed by atoms with E-state index in [-0.39, 0.29) is 18.9 Å². The van der Waals surface area contributed by atoms with Gasteiger partial charge in [0.25, 0.3) is 0 Å². The third-order valence-corrected chi connectivity index (χ3v) is 10.3. The van der Waals surface area contributed by atoms with Crippen molar-refractivity contribution in [1.82, 2.24) is 5.32 Å². The Kier molecular flexibility index (Phi) is 30.1. The molecule has 1 fully saturated rings. The first-order valence-electron chi connectivity index (χ1n) is 20.7. The van der Waals surface area contributed by atoms with E-state index in [0.717, 1.165) is 19.3 Å². The summed E-state index contributed by atoms with van der Waals surface area (Å²) in [7, 11) is 0. The predicted octanol–water partition coefficient (Wildman–Crippen LogP) is 7.61. The maximum atomic E-state index is 12.1. The van der Waals surface area contributed by atoms with Crippen molar-refractivity contribution in [3.8, 4) is 0 Å². The van der Waals surface area contributed by atoms with E-state index in [4.69, 9.17) is 9.47 Å². The highest BCUT2D eigenvalue weighted by Gasteiger charge is 2.44. The lowest BCUT2D eigenvalue weighted by molar-refractivity contribution is -0.302. The number of unbranched alkanes of at least 4 members (excludes halogenated alkanes) is 25. The highest BCUT2D eigenvalue weighted by molar-refractivity contribution is 5.75. The first kappa shape index (κ1) is 46.2. The van der Waals surface area contributed by atoms with Crippen molar-refractivity contribution in [2.45, 2.75) is 236 Å². The zero-order valence-electron chi connectivity index (χ0n) is 31.7. The number of nitrogens with one attached hydrogen (secondary N) is 1. The van der Waals surface area contributed by atoms with E-state index in [1.165, 1.54) is 148 Å². The first-order valence-corrected chi connectivity index (χ1v) is 20.7. The van der Waals surface area contributed by atoms with Gasteiger partial charge in [-0.25, -0.2) is 0 Å². The fourth-order valence-electron chi connectivity index (χ4n) is 6.83. The number of aliphatic hydroxyl groups excluding tert-OH is 5. The van der Waals surface area contributed by atoms with Crippen LogP contribution in [0.5, 0.6) is 0 Å². The maximum absolute atomic E-state index is 12.1. The van der Waals surface area contributed by atoms with Gasteiger partial charge < -0.3 is 40.3 Å². The number of carbonyl (C=O) groups is 1. The summed E-state index contributed by atoms with van der Waals surface area (Å²) in [4.78, 5) is 12.1. The van der Waals surface area contributed by atoms with Gasteiger partial charge in [0.1, 0.15) is 24.4 Å². The summed E-state index contributed by atoms with van der Waals surface area (Å²) in [6.45, 7) is 3.31. The highest BCUT2D eigenvalue weighted by Crippen LogP contribution is 2.23. The van der Waals surface area contributed by atoms with Gasteiger partial charge in [-0.1, -0.05) is 181 Å². The molecule has 292 valence electrons. The van der Waals surface area contributed by atoms with E-state index < -0.39 is 49.5 Å². The van der Waals surface area contributed by atoms with Crippen LogP contribution in [0.15, 0.2) is 0 Å². The average Bonchev–Trinajstić information content (AvgIpc) is 3.10. The van der Waals surface area contributed by atoms with Gasteiger partial charge in [0.05, 0.1) is 25.4 Å². The molecule has 1 aliphatic heterocycles. The standard InChI is InChI=1S/C40H79NO8/c1-3-5-6-7-8-9-10-11-12-13-14-15-16-17-18-19-20-21-22-23-24-25-26-27-28-29-30-34(43)33(41-36(44)4-2)32-48-40-39(47)38(46)37(45)35(31-42)49-40/h33-35,37-40,42-43,45-47H,3-32H2,1-2H3,(H,41,44). The molecule has 6 N–H and O–H groups in total. The summed E-state index contributed by atoms with van der Waals surface area (Å²) in [5.74, 6) is -0.230. The second-order valence-corrected chi connectivity index (χ2v) is 14.8. The minimum Gasteiger partial charge on any atom is -0.394 e. The van der Waals surface area contributed by atoms with Gasteiger partial charge in [0.2, 0.25) is 5.91 Å². The Morgan fingerprint density at radius 1 is 0.612 bits per heavy atom. The molecule has 1 aliphatic rings. The highest BCUT2D eigenvalue weighted by atomic mass is 16.7. The van der Waals surface area contributed by atoms with Crippen LogP contribution >= 0.6 is 0 Å². The van der Waals surface area contributed by atoms with Gasteiger partial charge in [0.15, 0.2) is 6.29 Å². The lowest BCUT2D eigenvalue weighted by Crippen LogP contribution is -2.60. The summed E-state index contributed by atoms with van der Waals surface area (Å²) in [5.41, 5.74) is 0. The Balaban J connectivity index is 1.97. The summed E-state index contributed by atoms with van der Waals surface area (Å²) < 4.78 is 11.0. The third-order valence-electron chi connectivity index (χ3n) is 10.3. The molecule has 0 aliphatic carbocycles. The van der Waals surface area contributed by atoms with Gasteiger partial charge in [-0.05, 0) is 6.42 Å². The van der Waals surface area contributed by atoms with Crippen LogP contribution in [0, 0.1) is 0 Å². The monoisotopic (exact) mass is 702 g/mol. The first-order chi connectivity index (χ1) is 23.8. The Morgan fingerprint density at radius 2 is 1.00 bits per heavy atom. The molecule has 0 aromatic heterocycles. The lowest BCUT2D eigenvalue weighted by Gasteiger charge is -2.40. The second-order valence-electron chi connectivity index (χ2n) is 14.8. The van der Waals surface area contributed by atoms with Crippen LogP contribution in [0.25, 0.3) is 0 Å². The summed E-state index contributed by atoms with van der Waals surface area (Å²) >= 11 is 0. The number of amides is 1. The number of rotatable bonds is 34. The molecule has 9 nitrogen and oxygen atoms in total. The molecule has 0 spiro atoms. The Hall–Kier alpha value is -0.810. The fourth-order valence-corrected chi connectivity index (χ4v) is 6.83. The van der Waals surface area contributed by atoms with E-state index in [9.17, 15) is 30.3 Å². The molecule has 0 radical (unpaired) electrons. The largest absolute Gasteiger partial charge is 0.394 e. The zero-order valence-corrected chi connectivity index (χ0v) is 31.7. The van der Waals surface area contributed by atoms with Crippen molar-refractivity contribution in [3.05, 3.63) is 0 Å². The number of ether oxygens (including phenoxy) is 2. The maximum Gasteiger partial charge on any atom is 0.220 e. The number of aliphatic hydroxyl groups is 5. The van der Waals surface area contributed by atoms with Crippen LogP contribution in [0.1, 0.15) is 194 Å². The van der Waals surface area contributed by atoms with E-state index in [0.29, 0.717) is 6.42 Å². The van der Waals surface area contributed by atoms with Gasteiger partial charge in [-0.15, -0.1) is 0 Å². The van der Waals surface area contributed by atoms with Crippen LogP contribution in [-0.2, 0) is 14.3 Å². The van der Waals surface area contributed by atoms with Gasteiger partial charge in [0, 0.05) is 6.42 Å². The smallest absolute Gasteiger partial charge is 0.220 e. The van der Waals surface area contributed by atoms with Gasteiger partial charge in [-0.3, -0.25) is 4.79 Å². The molecule has 1 rings (SSSR count). The molecule has 0 bridgehead atoms. The van der Waals surface area contributed by atoms with Crippen molar-refractivity contribution in [2.24, 2.45) is 0 Å². The molecule has 0 aromatic rings. The molecule has 0 saturated carbocycles. The number of hydrogen-bond acceptors (Lipinski definition) is 8. The summed E-state index contributed by atoms with van der Waals surface area (Å²) in [6, 6.07) is -0.709. The van der Waals surface area contributed by atoms with Gasteiger partial charge in [-0.2, -0.15) is 0 Å². The van der Waals surface area contributed by atoms with E-state index >= 15 is 0 Å². The van der Waals surface area contributed by atoms with Crippen molar-refractivity contribution < 1.29 is 39.8 Å². The van der Waals surface area contributed by atoms with Crippen molar-refractivity contribution in [1.29, 1.82) is 0 Å². The molecular formula is C40H79NO8. The molecule has 1 saturated heterocycles. The molecule has 1 amide bonds. The minimum absolute atomic E-state index is 0.144. The Labute approximate surface area is 300 Å². The molecule has 7 atom stereocenters. The minimum atomic E-state index is -1.54. The SMILES string of the molecule is CCCCCCCCCCCCCCCCCCCCCCCCCCCCC(O)C(COC1OC(CO)C(O)C(O)C1O)NC(=O)CC. The molecule has 49 heavy (non-hydrogen) atoms. The van der Waals surface area contributed by atoms with Crippen LogP contribution in [-0.4, -0.2) is 87.5 Å². The normalized spacial score (nSPS) is 22.3. The van der Waals surface area contributed by atoms with Crippen molar-refractivity contribution in [2.75, 3.05) is 13.2 Å². The van der Waals surface area contributed by atoms with E-state index in [1.807, 2.05) is 0 Å². The van der Waals surface area contributed by atoms with Gasteiger partial charge >= 0.3 is 0 Å². The predicted molar refractivity (Wildman–Crippen MR) is 198 cm³/mol. The Morgan fingerprint density at radius 3 is 1.37 bits per heavy atom. The summed E-state index contributed by atoms with van der Waals surface area (Å²) in [6.07, 6.45) is 27.9. The lowest BCUT2D eigenvalue weighted by atomic mass is 9.99. The van der Waals surface area contributed by atoms with Crippen molar-refractivity contribution in [3.63, 3.8) is 0 Å². The topological polar surface area (TPSA) is 149 Å². The van der Waals surface area contributed by atoms with E-state index in [1.54, 1.807) is 6.92 Å². The quantitative estimate of drug-likeness (QED) is 0.0376. The number of hydrogen-bond donors (Lipinski definition) is 6. The zero-order chi connectivity index (χ0) is 36.0. The Bertz CT molecular complexity index is 741. The fraction of sp³-hybridized carbons (Fsp3) is 0.975. The molecule has 0 aromatic carbocycles. The molecule has 9 heteroatoms. The second kappa shape index (κ2) is 31.9. The number of carbonyl (C=O) groups excluding carboxylic acids is 1. The summed E-state index contributed by atoms with van der Waals surface area (Å²) in [5, 5.41) is 53.1. The molecule has 7 unspecified atom stereocenters.